The maximum absolute atomic E-state index is 14.3. The summed E-state index contributed by atoms with van der Waals surface area (Å²) in [7, 11) is 4.11. The number of benzene rings is 1. The molecule has 4 rings (SSSR count). The number of Topliss-reactive ketones (excluding diaryl/α,β-unsaturated/α-hetero) is 1. The van der Waals surface area contributed by atoms with E-state index in [1.807, 2.05) is 7.05 Å². The minimum atomic E-state index is -0.893. The van der Waals surface area contributed by atoms with Gasteiger partial charge in [-0.3, -0.25) is 9.59 Å². The Hall–Kier alpha value is -2.81. The smallest absolute Gasteiger partial charge is 0.225 e. The molecule has 1 fully saturated rings. The second kappa shape index (κ2) is 10.2. The van der Waals surface area contributed by atoms with Gasteiger partial charge in [0.25, 0.3) is 0 Å². The molecule has 0 saturated carbocycles. The van der Waals surface area contributed by atoms with Gasteiger partial charge in [0.2, 0.25) is 5.95 Å². The molecule has 1 aliphatic heterocycles. The molecule has 10 heteroatoms. The van der Waals surface area contributed by atoms with Gasteiger partial charge in [-0.2, -0.15) is 0 Å². The zero-order valence-corrected chi connectivity index (χ0v) is 20.3. The predicted molar refractivity (Wildman–Crippen MR) is 130 cm³/mol. The molecular weight excluding hydrogens is 480 g/mol. The number of hydrogen-bond acceptors (Lipinski definition) is 6. The van der Waals surface area contributed by atoms with E-state index in [1.165, 1.54) is 24.4 Å². The first kappa shape index (κ1) is 24.3. The summed E-state index contributed by atoms with van der Waals surface area (Å²) in [6.45, 7) is 2.08. The minimum Gasteiger partial charge on any atom is -0.358 e. The van der Waals surface area contributed by atoms with Gasteiger partial charge in [0, 0.05) is 43.7 Å². The maximum Gasteiger partial charge on any atom is 0.225 e. The second-order valence-corrected chi connectivity index (χ2v) is 9.30. The first-order chi connectivity index (χ1) is 16.2. The van der Waals surface area contributed by atoms with Crippen LogP contribution in [0, 0.1) is 5.82 Å². The molecule has 0 unspecified atom stereocenters. The molecule has 0 spiro atoms. The SMILES string of the molecule is CN1CCC(N(C)c2ncc(CC(=O)c3cc(C(=O)c4c(Cl)ccc(Cl)c4F)c[nH]3)cn2)CC1. The number of rotatable bonds is 7. The number of carbonyl (C=O) groups excluding carboxylic acids is 2. The second-order valence-electron chi connectivity index (χ2n) is 8.49. The number of likely N-dealkylation sites (tertiary alicyclic amines) is 1. The molecular formula is C24H24Cl2FN5O2. The van der Waals surface area contributed by atoms with Crippen molar-refractivity contribution in [3.05, 3.63) is 75.0 Å². The Bertz CT molecular complexity index is 1210. The van der Waals surface area contributed by atoms with Crippen LogP contribution in [0.25, 0.3) is 0 Å². The lowest BCUT2D eigenvalue weighted by Gasteiger charge is -2.35. The lowest BCUT2D eigenvalue weighted by Crippen LogP contribution is -2.42. The molecule has 0 bridgehead atoms. The van der Waals surface area contributed by atoms with Crippen molar-refractivity contribution in [2.75, 3.05) is 32.1 Å². The molecule has 0 amide bonds. The minimum absolute atomic E-state index is 0.0524. The van der Waals surface area contributed by atoms with E-state index >= 15 is 0 Å². The molecule has 34 heavy (non-hydrogen) atoms. The van der Waals surface area contributed by atoms with Gasteiger partial charge < -0.3 is 14.8 Å². The van der Waals surface area contributed by atoms with Gasteiger partial charge in [-0.25, -0.2) is 14.4 Å². The Morgan fingerprint density at radius 3 is 2.50 bits per heavy atom. The van der Waals surface area contributed by atoms with Crippen molar-refractivity contribution in [2.24, 2.45) is 0 Å². The Kier molecular flexibility index (Phi) is 7.30. The van der Waals surface area contributed by atoms with E-state index < -0.39 is 11.6 Å². The van der Waals surface area contributed by atoms with Crippen LogP contribution in [-0.4, -0.2) is 64.6 Å². The van der Waals surface area contributed by atoms with E-state index in [4.69, 9.17) is 23.2 Å². The van der Waals surface area contributed by atoms with Gasteiger partial charge in [0.1, 0.15) is 0 Å². The first-order valence-electron chi connectivity index (χ1n) is 10.9. The van der Waals surface area contributed by atoms with Crippen LogP contribution in [-0.2, 0) is 6.42 Å². The number of piperidine rings is 1. The molecule has 178 valence electrons. The highest BCUT2D eigenvalue weighted by atomic mass is 35.5. The highest BCUT2D eigenvalue weighted by Crippen LogP contribution is 2.28. The number of H-pyrrole nitrogens is 1. The number of carbonyl (C=O) groups is 2. The predicted octanol–water partition coefficient (Wildman–Crippen LogP) is 4.44. The lowest BCUT2D eigenvalue weighted by molar-refractivity contribution is 0.0988. The molecule has 7 nitrogen and oxygen atoms in total. The number of nitrogens with one attached hydrogen (secondary N) is 1. The number of aromatic amines is 1. The fourth-order valence-corrected chi connectivity index (χ4v) is 4.40. The maximum atomic E-state index is 14.3. The Morgan fingerprint density at radius 2 is 1.82 bits per heavy atom. The zero-order valence-electron chi connectivity index (χ0n) is 18.8. The number of ketones is 2. The standard InChI is InChI=1S/C24H24Cl2FN5O2/c1-31-7-5-16(6-8-31)32(2)24-29-11-14(12-30-24)9-20(33)19-10-15(13-28-19)23(34)21-17(25)3-4-18(26)22(21)27/h3-4,10-13,16,28H,5-9H2,1-2H3. The number of nitrogens with zero attached hydrogens (tertiary/aromatic N) is 4. The van der Waals surface area contributed by atoms with Gasteiger partial charge in [-0.05, 0) is 56.7 Å². The third-order valence-corrected chi connectivity index (χ3v) is 6.73. The fraction of sp³-hybridized carbons (Fsp3) is 0.333. The highest BCUT2D eigenvalue weighted by Gasteiger charge is 2.24. The van der Waals surface area contributed by atoms with Crippen molar-refractivity contribution in [3.8, 4) is 0 Å². The van der Waals surface area contributed by atoms with Gasteiger partial charge in [0.05, 0.1) is 21.3 Å². The summed E-state index contributed by atoms with van der Waals surface area (Å²) < 4.78 is 14.3. The summed E-state index contributed by atoms with van der Waals surface area (Å²) in [6, 6.07) is 4.40. The highest BCUT2D eigenvalue weighted by molar-refractivity contribution is 6.37. The molecule has 1 aliphatic rings. The molecule has 2 aromatic heterocycles. The van der Waals surface area contributed by atoms with Crippen molar-refractivity contribution in [2.45, 2.75) is 25.3 Å². The topological polar surface area (TPSA) is 82.2 Å². The van der Waals surface area contributed by atoms with Crippen LogP contribution in [0.15, 0.2) is 36.8 Å². The summed E-state index contributed by atoms with van der Waals surface area (Å²) in [4.78, 5) is 41.5. The number of aromatic nitrogens is 3. The van der Waals surface area contributed by atoms with Gasteiger partial charge >= 0.3 is 0 Å². The number of anilines is 1. The van der Waals surface area contributed by atoms with Crippen LogP contribution in [0.4, 0.5) is 10.3 Å². The summed E-state index contributed by atoms with van der Waals surface area (Å²) in [5.74, 6) is -1.18. The summed E-state index contributed by atoms with van der Waals surface area (Å²) >= 11 is 11.8. The summed E-state index contributed by atoms with van der Waals surface area (Å²) in [6.07, 6.45) is 6.79. The summed E-state index contributed by atoms with van der Waals surface area (Å²) in [5.41, 5.74) is 0.647. The van der Waals surface area contributed by atoms with Crippen molar-refractivity contribution in [3.63, 3.8) is 0 Å². The van der Waals surface area contributed by atoms with E-state index in [9.17, 15) is 14.0 Å². The molecule has 1 saturated heterocycles. The van der Waals surface area contributed by atoms with E-state index in [0.717, 1.165) is 25.9 Å². The average Bonchev–Trinajstić information content (AvgIpc) is 3.33. The van der Waals surface area contributed by atoms with E-state index in [1.54, 1.807) is 12.4 Å². The van der Waals surface area contributed by atoms with Gasteiger partial charge in [0.15, 0.2) is 17.4 Å². The first-order valence-corrected chi connectivity index (χ1v) is 11.6. The molecule has 0 atom stereocenters. The van der Waals surface area contributed by atoms with E-state index in [0.29, 0.717) is 17.6 Å². The molecule has 1 N–H and O–H groups in total. The molecule has 0 radical (unpaired) electrons. The number of halogens is 3. The summed E-state index contributed by atoms with van der Waals surface area (Å²) in [5, 5.41) is -0.257. The van der Waals surface area contributed by atoms with E-state index in [2.05, 4.69) is 31.8 Å². The number of hydrogen-bond donors (Lipinski definition) is 1. The van der Waals surface area contributed by atoms with Crippen molar-refractivity contribution < 1.29 is 14.0 Å². The van der Waals surface area contributed by atoms with Crippen LogP contribution < -0.4 is 4.90 Å². The van der Waals surface area contributed by atoms with Gasteiger partial charge in [-0.15, -0.1) is 0 Å². The largest absolute Gasteiger partial charge is 0.358 e. The van der Waals surface area contributed by atoms with Crippen LogP contribution in [0.5, 0.6) is 0 Å². The van der Waals surface area contributed by atoms with Crippen LogP contribution in [0.2, 0.25) is 10.0 Å². The molecule has 0 aliphatic carbocycles. The monoisotopic (exact) mass is 503 g/mol. The normalized spacial score (nSPS) is 14.9. The third kappa shape index (κ3) is 5.14. The Balaban J connectivity index is 1.42. The van der Waals surface area contributed by atoms with Crippen molar-refractivity contribution >= 4 is 40.7 Å². The molecule has 3 heterocycles. The van der Waals surface area contributed by atoms with Crippen molar-refractivity contribution in [1.29, 1.82) is 0 Å². The Morgan fingerprint density at radius 1 is 1.18 bits per heavy atom. The molecule has 3 aromatic rings. The van der Waals surface area contributed by atoms with Crippen LogP contribution in [0.1, 0.15) is 44.8 Å². The lowest BCUT2D eigenvalue weighted by atomic mass is 10.0. The quantitative estimate of drug-likeness (QED) is 0.379. The Labute approximate surface area is 206 Å². The van der Waals surface area contributed by atoms with Gasteiger partial charge in [-0.1, -0.05) is 23.2 Å². The third-order valence-electron chi connectivity index (χ3n) is 6.12. The average molecular weight is 504 g/mol. The van der Waals surface area contributed by atoms with Crippen molar-refractivity contribution in [1.82, 2.24) is 19.9 Å². The van der Waals surface area contributed by atoms with Crippen LogP contribution >= 0.6 is 23.2 Å². The van der Waals surface area contributed by atoms with Crippen LogP contribution in [0.3, 0.4) is 0 Å². The molecule has 1 aromatic carbocycles. The van der Waals surface area contributed by atoms with E-state index in [-0.39, 0.29) is 39.1 Å². The zero-order chi connectivity index (χ0) is 24.4. The fourth-order valence-electron chi connectivity index (χ4n) is 4.01.